The van der Waals surface area contributed by atoms with Gasteiger partial charge in [0.1, 0.15) is 17.2 Å². The molecule has 2 rings (SSSR count). The standard InChI is InChI=1S/C20H24FN3O2/c1-14(2)10-12-22-19(25)17-8-5-9-18(24-17)20(26)23-13-11-15-6-3-4-7-16(15)21/h3-9,14H,10-13H2,1-2H3,(H,22,25)(H,23,26). The van der Waals surface area contributed by atoms with Gasteiger partial charge in [-0.25, -0.2) is 9.37 Å². The molecule has 0 bridgehead atoms. The maximum Gasteiger partial charge on any atom is 0.269 e. The fourth-order valence-corrected chi connectivity index (χ4v) is 2.35. The van der Waals surface area contributed by atoms with Crippen molar-refractivity contribution in [1.82, 2.24) is 15.6 Å². The van der Waals surface area contributed by atoms with Gasteiger partial charge in [0, 0.05) is 13.1 Å². The second kappa shape index (κ2) is 9.65. The molecule has 2 amide bonds. The number of rotatable bonds is 8. The lowest BCUT2D eigenvalue weighted by atomic mass is 10.1. The largest absolute Gasteiger partial charge is 0.351 e. The van der Waals surface area contributed by atoms with Gasteiger partial charge in [-0.15, -0.1) is 0 Å². The zero-order chi connectivity index (χ0) is 18.9. The molecule has 0 saturated heterocycles. The summed E-state index contributed by atoms with van der Waals surface area (Å²) in [6.45, 7) is 5.01. The fraction of sp³-hybridized carbons (Fsp3) is 0.350. The fourth-order valence-electron chi connectivity index (χ4n) is 2.35. The molecule has 0 saturated carbocycles. The monoisotopic (exact) mass is 357 g/mol. The Morgan fingerprint density at radius 1 is 0.962 bits per heavy atom. The van der Waals surface area contributed by atoms with Gasteiger partial charge in [-0.1, -0.05) is 38.1 Å². The molecule has 0 aliphatic heterocycles. The highest BCUT2D eigenvalue weighted by molar-refractivity contribution is 5.96. The van der Waals surface area contributed by atoms with Gasteiger partial charge in [-0.05, 0) is 42.5 Å². The van der Waals surface area contributed by atoms with E-state index in [9.17, 15) is 14.0 Å². The third-order valence-corrected chi connectivity index (χ3v) is 3.86. The Labute approximate surface area is 153 Å². The van der Waals surface area contributed by atoms with E-state index in [2.05, 4.69) is 29.5 Å². The van der Waals surface area contributed by atoms with E-state index in [4.69, 9.17) is 0 Å². The zero-order valence-corrected chi connectivity index (χ0v) is 15.1. The molecule has 5 nitrogen and oxygen atoms in total. The van der Waals surface area contributed by atoms with Gasteiger partial charge in [0.05, 0.1) is 0 Å². The van der Waals surface area contributed by atoms with Crippen molar-refractivity contribution in [2.24, 2.45) is 5.92 Å². The Bertz CT molecular complexity index is 762. The maximum atomic E-state index is 13.6. The number of benzene rings is 1. The Hall–Kier alpha value is -2.76. The van der Waals surface area contributed by atoms with Gasteiger partial charge >= 0.3 is 0 Å². The Kier molecular flexibility index (Phi) is 7.26. The van der Waals surface area contributed by atoms with Gasteiger partial charge in [-0.3, -0.25) is 9.59 Å². The van der Waals surface area contributed by atoms with Crippen LogP contribution in [-0.2, 0) is 6.42 Å². The summed E-state index contributed by atoms with van der Waals surface area (Å²) in [6.07, 6.45) is 1.26. The molecule has 0 atom stereocenters. The van der Waals surface area contributed by atoms with E-state index < -0.39 is 5.91 Å². The van der Waals surface area contributed by atoms with E-state index in [1.165, 1.54) is 6.07 Å². The van der Waals surface area contributed by atoms with Gasteiger partial charge < -0.3 is 10.6 Å². The molecule has 1 heterocycles. The summed E-state index contributed by atoms with van der Waals surface area (Å²) < 4.78 is 13.6. The first-order chi connectivity index (χ1) is 12.5. The van der Waals surface area contributed by atoms with Crippen molar-refractivity contribution in [1.29, 1.82) is 0 Å². The van der Waals surface area contributed by atoms with Crippen molar-refractivity contribution in [3.05, 3.63) is 65.2 Å². The number of nitrogens with one attached hydrogen (secondary N) is 2. The molecule has 26 heavy (non-hydrogen) atoms. The first-order valence-corrected chi connectivity index (χ1v) is 8.74. The van der Waals surface area contributed by atoms with Crippen molar-refractivity contribution >= 4 is 11.8 Å². The lowest BCUT2D eigenvalue weighted by Crippen LogP contribution is -2.29. The van der Waals surface area contributed by atoms with E-state index >= 15 is 0 Å². The van der Waals surface area contributed by atoms with Crippen LogP contribution in [0.1, 0.15) is 46.8 Å². The number of nitrogens with zero attached hydrogens (tertiary/aromatic N) is 1. The van der Waals surface area contributed by atoms with E-state index in [1.54, 1.807) is 36.4 Å². The topological polar surface area (TPSA) is 71.1 Å². The molecule has 0 fully saturated rings. The quantitative estimate of drug-likeness (QED) is 0.763. The average Bonchev–Trinajstić information content (AvgIpc) is 2.63. The highest BCUT2D eigenvalue weighted by Gasteiger charge is 2.12. The molecule has 138 valence electrons. The van der Waals surface area contributed by atoms with Crippen LogP contribution in [0.3, 0.4) is 0 Å². The summed E-state index contributed by atoms with van der Waals surface area (Å²) in [6, 6.07) is 11.2. The number of carbonyl (C=O) groups excluding carboxylic acids is 2. The van der Waals surface area contributed by atoms with E-state index in [-0.39, 0.29) is 29.7 Å². The molecule has 0 spiro atoms. The van der Waals surface area contributed by atoms with Gasteiger partial charge in [0.25, 0.3) is 11.8 Å². The number of amides is 2. The van der Waals surface area contributed by atoms with Crippen LogP contribution in [0.25, 0.3) is 0 Å². The van der Waals surface area contributed by atoms with Crippen LogP contribution < -0.4 is 10.6 Å². The first-order valence-electron chi connectivity index (χ1n) is 8.74. The second-order valence-electron chi connectivity index (χ2n) is 6.44. The van der Waals surface area contributed by atoms with Crippen LogP contribution in [0, 0.1) is 11.7 Å². The van der Waals surface area contributed by atoms with Crippen LogP contribution in [0.2, 0.25) is 0 Å². The molecule has 0 aliphatic rings. The maximum absolute atomic E-state index is 13.6. The lowest BCUT2D eigenvalue weighted by Gasteiger charge is -2.08. The molecule has 2 aromatic rings. The van der Waals surface area contributed by atoms with Crippen LogP contribution in [-0.4, -0.2) is 29.9 Å². The second-order valence-corrected chi connectivity index (χ2v) is 6.44. The van der Waals surface area contributed by atoms with Gasteiger partial charge in [0.2, 0.25) is 0 Å². The third kappa shape index (κ3) is 5.95. The molecule has 1 aromatic heterocycles. The number of pyridine rings is 1. The average molecular weight is 357 g/mol. The predicted molar refractivity (Wildman–Crippen MR) is 98.5 cm³/mol. The Balaban J connectivity index is 1.89. The van der Waals surface area contributed by atoms with E-state index in [0.29, 0.717) is 24.4 Å². The van der Waals surface area contributed by atoms with Crippen LogP contribution in [0.4, 0.5) is 4.39 Å². The summed E-state index contributed by atoms with van der Waals surface area (Å²) in [4.78, 5) is 28.4. The minimum atomic E-state index is -0.391. The van der Waals surface area contributed by atoms with Gasteiger partial charge in [-0.2, -0.15) is 0 Å². The van der Waals surface area contributed by atoms with Crippen molar-refractivity contribution in [2.45, 2.75) is 26.7 Å². The molecule has 0 unspecified atom stereocenters. The molecular weight excluding hydrogens is 333 g/mol. The van der Waals surface area contributed by atoms with Crippen molar-refractivity contribution in [3.8, 4) is 0 Å². The van der Waals surface area contributed by atoms with Crippen LogP contribution >= 0.6 is 0 Å². The summed E-state index contributed by atoms with van der Waals surface area (Å²) in [5.41, 5.74) is 0.907. The number of aromatic nitrogens is 1. The molecular formula is C20H24FN3O2. The third-order valence-electron chi connectivity index (χ3n) is 3.86. The number of hydrogen-bond donors (Lipinski definition) is 2. The molecule has 0 radical (unpaired) electrons. The lowest BCUT2D eigenvalue weighted by molar-refractivity contribution is 0.0943. The SMILES string of the molecule is CC(C)CCNC(=O)c1cccc(C(=O)NCCc2ccccc2F)n1. The van der Waals surface area contributed by atoms with Crippen LogP contribution in [0.15, 0.2) is 42.5 Å². The summed E-state index contributed by atoms with van der Waals surface area (Å²) in [5, 5.41) is 5.49. The predicted octanol–water partition coefficient (Wildman–Crippen LogP) is 2.97. The number of halogens is 1. The molecule has 2 N–H and O–H groups in total. The zero-order valence-electron chi connectivity index (χ0n) is 15.1. The van der Waals surface area contributed by atoms with E-state index in [1.807, 2.05) is 0 Å². The Morgan fingerprint density at radius 3 is 2.19 bits per heavy atom. The minimum absolute atomic E-state index is 0.162. The highest BCUT2D eigenvalue weighted by Crippen LogP contribution is 2.06. The number of hydrogen-bond acceptors (Lipinski definition) is 3. The minimum Gasteiger partial charge on any atom is -0.351 e. The molecule has 1 aromatic carbocycles. The smallest absolute Gasteiger partial charge is 0.269 e. The van der Waals surface area contributed by atoms with Crippen molar-refractivity contribution in [3.63, 3.8) is 0 Å². The molecule has 0 aliphatic carbocycles. The van der Waals surface area contributed by atoms with Gasteiger partial charge in [0.15, 0.2) is 0 Å². The van der Waals surface area contributed by atoms with Crippen molar-refractivity contribution < 1.29 is 14.0 Å². The van der Waals surface area contributed by atoms with Crippen LogP contribution in [0.5, 0.6) is 0 Å². The first kappa shape index (κ1) is 19.6. The summed E-state index contributed by atoms with van der Waals surface area (Å²) in [5.74, 6) is -0.486. The Morgan fingerprint density at radius 2 is 1.58 bits per heavy atom. The highest BCUT2D eigenvalue weighted by atomic mass is 19.1. The van der Waals surface area contributed by atoms with Crippen molar-refractivity contribution in [2.75, 3.05) is 13.1 Å². The normalized spacial score (nSPS) is 10.6. The number of carbonyl (C=O) groups is 2. The molecule has 6 heteroatoms. The summed E-state index contributed by atoms with van der Waals surface area (Å²) >= 11 is 0. The summed E-state index contributed by atoms with van der Waals surface area (Å²) in [7, 11) is 0. The van der Waals surface area contributed by atoms with E-state index in [0.717, 1.165) is 6.42 Å².